The third-order valence-electron chi connectivity index (χ3n) is 4.89. The van der Waals surface area contributed by atoms with Gasteiger partial charge in [0.1, 0.15) is 5.82 Å². The second kappa shape index (κ2) is 11.5. The SMILES string of the molecule is C=N/C(=C\SCNC1=NCC(C)CN1)c1cccc(N(C)CC(O)c2ccccc2)n1. The Hall–Kier alpha value is -2.84. The van der Waals surface area contributed by atoms with Gasteiger partial charge in [-0.3, -0.25) is 9.98 Å². The highest BCUT2D eigenvalue weighted by Crippen LogP contribution is 2.22. The van der Waals surface area contributed by atoms with Crippen molar-refractivity contribution in [3.05, 3.63) is 65.2 Å². The monoisotopic (exact) mass is 438 g/mol. The number of pyridine rings is 1. The number of hydrogen-bond donors (Lipinski definition) is 3. The highest BCUT2D eigenvalue weighted by atomic mass is 32.2. The largest absolute Gasteiger partial charge is 0.387 e. The number of nitrogens with zero attached hydrogens (tertiary/aromatic N) is 4. The van der Waals surface area contributed by atoms with Crippen LogP contribution < -0.4 is 15.5 Å². The van der Waals surface area contributed by atoms with Gasteiger partial charge in [-0.15, -0.1) is 11.8 Å². The number of aromatic nitrogens is 1. The van der Waals surface area contributed by atoms with E-state index in [2.05, 4.69) is 34.3 Å². The zero-order valence-electron chi connectivity index (χ0n) is 18.0. The van der Waals surface area contributed by atoms with Crippen LogP contribution >= 0.6 is 11.8 Å². The van der Waals surface area contributed by atoms with Gasteiger partial charge in [0.05, 0.1) is 23.4 Å². The van der Waals surface area contributed by atoms with E-state index in [1.807, 2.05) is 65.9 Å². The van der Waals surface area contributed by atoms with E-state index in [-0.39, 0.29) is 0 Å². The van der Waals surface area contributed by atoms with E-state index in [0.29, 0.717) is 24.0 Å². The summed E-state index contributed by atoms with van der Waals surface area (Å²) in [4.78, 5) is 15.3. The van der Waals surface area contributed by atoms with E-state index < -0.39 is 6.10 Å². The molecule has 2 unspecified atom stereocenters. The van der Waals surface area contributed by atoms with E-state index in [9.17, 15) is 5.11 Å². The van der Waals surface area contributed by atoms with Crippen LogP contribution in [0, 0.1) is 5.92 Å². The molecule has 1 aromatic carbocycles. The van der Waals surface area contributed by atoms with Crippen LogP contribution in [0.3, 0.4) is 0 Å². The first-order valence-corrected chi connectivity index (χ1v) is 11.3. The van der Waals surface area contributed by atoms with Crippen molar-refractivity contribution < 1.29 is 5.11 Å². The summed E-state index contributed by atoms with van der Waals surface area (Å²) in [6.07, 6.45) is -0.592. The number of rotatable bonds is 9. The molecule has 0 radical (unpaired) electrons. The molecule has 1 aromatic heterocycles. The van der Waals surface area contributed by atoms with E-state index in [4.69, 9.17) is 4.98 Å². The zero-order chi connectivity index (χ0) is 22.1. The van der Waals surface area contributed by atoms with Gasteiger partial charge < -0.3 is 20.6 Å². The lowest BCUT2D eigenvalue weighted by molar-refractivity contribution is 0.185. The number of guanidine groups is 1. The third-order valence-corrected chi connectivity index (χ3v) is 5.59. The van der Waals surface area contributed by atoms with Crippen LogP contribution in [0.2, 0.25) is 0 Å². The molecule has 0 spiro atoms. The minimum atomic E-state index is -0.592. The molecule has 31 heavy (non-hydrogen) atoms. The number of benzene rings is 1. The van der Waals surface area contributed by atoms with Gasteiger partial charge in [-0.2, -0.15) is 0 Å². The van der Waals surface area contributed by atoms with E-state index in [0.717, 1.165) is 36.1 Å². The molecule has 8 heteroatoms. The Bertz CT molecular complexity index is 917. The minimum Gasteiger partial charge on any atom is -0.387 e. The maximum Gasteiger partial charge on any atom is 0.191 e. The van der Waals surface area contributed by atoms with Crippen LogP contribution in [0.1, 0.15) is 24.3 Å². The van der Waals surface area contributed by atoms with E-state index >= 15 is 0 Å². The number of likely N-dealkylation sites (N-methyl/N-ethyl adjacent to an activating group) is 1. The van der Waals surface area contributed by atoms with Crippen LogP contribution in [-0.4, -0.2) is 55.3 Å². The van der Waals surface area contributed by atoms with Crippen molar-refractivity contribution in [2.75, 3.05) is 37.5 Å². The molecule has 0 saturated heterocycles. The summed E-state index contributed by atoms with van der Waals surface area (Å²) in [5, 5.41) is 19.0. The fraction of sp³-hybridized carbons (Fsp3) is 0.348. The molecule has 2 atom stereocenters. The molecule has 0 aliphatic carbocycles. The predicted octanol–water partition coefficient (Wildman–Crippen LogP) is 3.13. The molecule has 1 aliphatic heterocycles. The number of aliphatic imine (C=N–C) groups is 2. The summed E-state index contributed by atoms with van der Waals surface area (Å²) < 4.78 is 0. The highest BCUT2D eigenvalue weighted by molar-refractivity contribution is 8.02. The van der Waals surface area contributed by atoms with Crippen LogP contribution in [0.5, 0.6) is 0 Å². The first-order valence-electron chi connectivity index (χ1n) is 10.3. The highest BCUT2D eigenvalue weighted by Gasteiger charge is 2.13. The lowest BCUT2D eigenvalue weighted by atomic mass is 10.1. The molecule has 0 fully saturated rings. The molecule has 0 bridgehead atoms. The Labute approximate surface area is 188 Å². The van der Waals surface area contributed by atoms with Gasteiger partial charge in [0.15, 0.2) is 5.96 Å². The third kappa shape index (κ3) is 6.83. The molecular formula is C23H30N6OS. The van der Waals surface area contributed by atoms with Crippen LogP contribution in [0.15, 0.2) is 63.9 Å². The second-order valence-corrected chi connectivity index (χ2v) is 8.37. The minimum absolute atomic E-state index is 0.438. The van der Waals surface area contributed by atoms with Gasteiger partial charge in [0.2, 0.25) is 0 Å². The molecule has 2 aromatic rings. The second-order valence-electron chi connectivity index (χ2n) is 7.51. The molecule has 7 nitrogen and oxygen atoms in total. The van der Waals surface area contributed by atoms with Crippen molar-refractivity contribution in [1.29, 1.82) is 0 Å². The molecular weight excluding hydrogens is 408 g/mol. The zero-order valence-corrected chi connectivity index (χ0v) is 18.8. The van der Waals surface area contributed by atoms with E-state index in [1.165, 1.54) is 0 Å². The maximum absolute atomic E-state index is 10.5. The van der Waals surface area contributed by atoms with Crippen LogP contribution in [0.25, 0.3) is 5.70 Å². The van der Waals surface area contributed by atoms with Gasteiger partial charge in [0, 0.05) is 32.1 Å². The van der Waals surface area contributed by atoms with Crippen molar-refractivity contribution >= 4 is 36.0 Å². The summed E-state index contributed by atoms with van der Waals surface area (Å²) in [5.74, 6) is 2.84. The molecule has 0 saturated carbocycles. The molecule has 1 aliphatic rings. The predicted molar refractivity (Wildman–Crippen MR) is 131 cm³/mol. The number of aliphatic hydroxyl groups excluding tert-OH is 1. The van der Waals surface area contributed by atoms with Gasteiger partial charge in [-0.25, -0.2) is 4.98 Å². The normalized spacial score (nSPS) is 17.3. The lowest BCUT2D eigenvalue weighted by Crippen LogP contribution is -2.43. The Balaban J connectivity index is 1.59. The Kier molecular flexibility index (Phi) is 8.49. The summed E-state index contributed by atoms with van der Waals surface area (Å²) in [6, 6.07) is 15.4. The smallest absolute Gasteiger partial charge is 0.191 e. The molecule has 164 valence electrons. The fourth-order valence-electron chi connectivity index (χ4n) is 3.08. The van der Waals surface area contributed by atoms with Crippen molar-refractivity contribution in [3.63, 3.8) is 0 Å². The van der Waals surface area contributed by atoms with Crippen molar-refractivity contribution in [3.8, 4) is 0 Å². The van der Waals surface area contributed by atoms with Gasteiger partial charge in [-0.1, -0.05) is 43.3 Å². The Morgan fingerprint density at radius 1 is 1.35 bits per heavy atom. The summed E-state index contributed by atoms with van der Waals surface area (Å²) in [5.41, 5.74) is 2.33. The molecule has 0 amide bonds. The van der Waals surface area contributed by atoms with Crippen LogP contribution in [0.4, 0.5) is 5.82 Å². The van der Waals surface area contributed by atoms with Crippen molar-refractivity contribution in [2.24, 2.45) is 15.9 Å². The standard InChI is InChI=1S/C23H30N6OS/c1-17-12-25-23(26-13-17)27-16-31-15-20(24-2)19-10-7-11-22(28-19)29(3)14-21(30)18-8-5-4-6-9-18/h4-11,15,17,21,30H,2,12-14,16H2,1,3H3,(H2,25,26,27)/b20-15-. The molecule has 3 N–H and O–H groups in total. The summed E-state index contributed by atoms with van der Waals surface area (Å²) in [6.45, 7) is 8.09. The summed E-state index contributed by atoms with van der Waals surface area (Å²) in [7, 11) is 1.92. The lowest BCUT2D eigenvalue weighted by Gasteiger charge is -2.22. The number of thioether (sulfide) groups is 1. The van der Waals surface area contributed by atoms with Crippen molar-refractivity contribution in [1.82, 2.24) is 15.6 Å². The fourth-order valence-corrected chi connectivity index (χ4v) is 3.73. The van der Waals surface area contributed by atoms with Gasteiger partial charge in [0.25, 0.3) is 0 Å². The first-order chi connectivity index (χ1) is 15.1. The van der Waals surface area contributed by atoms with Gasteiger partial charge >= 0.3 is 0 Å². The van der Waals surface area contributed by atoms with Crippen LogP contribution in [-0.2, 0) is 0 Å². The Morgan fingerprint density at radius 3 is 2.87 bits per heavy atom. The number of hydrogen-bond acceptors (Lipinski definition) is 8. The maximum atomic E-state index is 10.5. The Morgan fingerprint density at radius 2 is 2.16 bits per heavy atom. The molecule has 2 heterocycles. The molecule has 3 rings (SSSR count). The number of anilines is 1. The van der Waals surface area contributed by atoms with Crippen molar-refractivity contribution in [2.45, 2.75) is 13.0 Å². The topological polar surface area (TPSA) is 85.1 Å². The number of aliphatic hydroxyl groups is 1. The average molecular weight is 439 g/mol. The summed E-state index contributed by atoms with van der Waals surface area (Å²) >= 11 is 1.58. The van der Waals surface area contributed by atoms with E-state index in [1.54, 1.807) is 11.8 Å². The average Bonchev–Trinajstić information content (AvgIpc) is 2.81. The number of nitrogens with one attached hydrogen (secondary N) is 2. The quantitative estimate of drug-likeness (QED) is 0.317. The first kappa shape index (κ1) is 22.8. The van der Waals surface area contributed by atoms with Gasteiger partial charge in [-0.05, 0) is 30.3 Å².